The van der Waals surface area contributed by atoms with Crippen LogP contribution in [0.1, 0.15) is 0 Å². The second kappa shape index (κ2) is 6.05. The van der Waals surface area contributed by atoms with Crippen LogP contribution in [-0.2, 0) is 14.3 Å². The molecule has 2 atom stereocenters. The molecule has 1 aliphatic heterocycles. The average molecular weight is 427 g/mol. The zero-order valence-corrected chi connectivity index (χ0v) is 11.8. The minimum atomic E-state index is -1.10. The minimum absolute atomic E-state index is 0.0680. The van der Waals surface area contributed by atoms with E-state index in [0.29, 0.717) is 0 Å². The molecule has 7 heteroatoms. The van der Waals surface area contributed by atoms with E-state index in [4.69, 9.17) is 5.11 Å². The fourth-order valence-electron chi connectivity index (χ4n) is 0.918. The van der Waals surface area contributed by atoms with Crippen LogP contribution in [-0.4, -0.2) is 43.0 Å². The summed E-state index contributed by atoms with van der Waals surface area (Å²) in [7, 11) is 0. The van der Waals surface area contributed by atoms with E-state index < -0.39 is 12.6 Å². The van der Waals surface area contributed by atoms with Crippen LogP contribution < -0.4 is 46.2 Å². The van der Waals surface area contributed by atoms with E-state index in [0.717, 1.165) is 4.43 Å². The van der Waals surface area contributed by atoms with Crippen LogP contribution in [0.5, 0.6) is 0 Å². The normalized spacial score (nSPS) is 23.1. The van der Waals surface area contributed by atoms with Gasteiger partial charge in [-0.15, -0.1) is 0 Å². The number of alkyl halides is 3. The molecule has 0 aromatic carbocycles. The van der Waals surface area contributed by atoms with E-state index in [1.165, 1.54) is 0 Å². The van der Waals surface area contributed by atoms with E-state index in [2.05, 4.69) is 8.27 Å². The van der Waals surface area contributed by atoms with Gasteiger partial charge in [0.2, 0.25) is 0 Å². The van der Waals surface area contributed by atoms with Gasteiger partial charge in [-0.1, -0.05) is 0 Å². The van der Waals surface area contributed by atoms with Crippen molar-refractivity contribution in [1.82, 2.24) is 3.53 Å². The number of halogens is 2. The average Bonchev–Trinajstić information content (AvgIpc) is 2.06. The Kier molecular flexibility index (Phi) is 5.38. The summed E-state index contributed by atoms with van der Waals surface area (Å²) in [4.78, 5) is 23.6. The van der Waals surface area contributed by atoms with Gasteiger partial charge in [0.05, 0.1) is 0 Å². The molecule has 14 heavy (non-hydrogen) atoms. The molecule has 1 saturated heterocycles. The van der Waals surface area contributed by atoms with Gasteiger partial charge in [0.1, 0.15) is 0 Å². The van der Waals surface area contributed by atoms with Crippen molar-refractivity contribution in [2.75, 3.05) is 16.0 Å². The molecule has 84 valence electrons. The molecule has 1 fully saturated rings. The predicted molar refractivity (Wildman–Crippen MR) is 40.1 cm³/mol. The first-order chi connectivity index (χ1) is 6.65. The summed E-state index contributed by atoms with van der Waals surface area (Å²) in [6.07, 6.45) is 0. The Morgan fingerprint density at radius 2 is 2.43 bits per heavy atom. The van der Waals surface area contributed by atoms with Crippen molar-refractivity contribution in [2.45, 2.75) is 9.97 Å². The summed E-state index contributed by atoms with van der Waals surface area (Å²) in [6.45, 7) is -0.513. The summed E-state index contributed by atoms with van der Waals surface area (Å²) in [5.74, 6) is -1.44. The van der Waals surface area contributed by atoms with Gasteiger partial charge in [0.25, 0.3) is 0 Å². The summed E-state index contributed by atoms with van der Waals surface area (Å²) in [5.41, 5.74) is 0. The quantitative estimate of drug-likeness (QED) is 0.198. The number of rotatable bonds is 5. The van der Waals surface area contributed by atoms with Gasteiger partial charge in [0, 0.05) is 0 Å². The number of carbonyl (C=O) groups is 2. The van der Waals surface area contributed by atoms with Crippen LogP contribution >= 0.6 is 0 Å². The zero-order valence-electron chi connectivity index (χ0n) is 7.50. The van der Waals surface area contributed by atoms with E-state index in [1.807, 2.05) is 4.93 Å². The Morgan fingerprint density at radius 3 is 2.79 bits per heavy atom. The van der Waals surface area contributed by atoms with Crippen LogP contribution in [0.25, 0.3) is 0 Å². The molecule has 5 nitrogen and oxygen atoms in total. The van der Waals surface area contributed by atoms with Gasteiger partial charge in [-0.2, -0.15) is 0 Å². The van der Waals surface area contributed by atoms with Crippen molar-refractivity contribution in [3.8, 4) is 0 Å². The molecule has 0 aliphatic carbocycles. The third kappa shape index (κ3) is 3.50. The summed E-state index contributed by atoms with van der Waals surface area (Å²) < 4.78 is 8.96. The first kappa shape index (κ1) is 12.4. The number of carboxylic acids is 1. The summed E-state index contributed by atoms with van der Waals surface area (Å²) >= 11 is -0.132. The second-order valence-corrected chi connectivity index (χ2v) is 7.48. The van der Waals surface area contributed by atoms with E-state index >= 15 is 0 Å². The molecule has 0 bridgehead atoms. The third-order valence-electron chi connectivity index (χ3n) is 1.61. The van der Waals surface area contributed by atoms with Gasteiger partial charge in [0.15, 0.2) is 0 Å². The molecular weight excluding hydrogens is 416 g/mol. The maximum atomic E-state index is 11.4. The molecule has 1 rings (SSSR count). The van der Waals surface area contributed by atoms with Crippen molar-refractivity contribution >= 4 is 11.9 Å². The first-order valence-corrected chi connectivity index (χ1v) is 9.86. The van der Waals surface area contributed by atoms with Gasteiger partial charge in [-0.25, -0.2) is 0 Å². The van der Waals surface area contributed by atoms with E-state index in [9.17, 15) is 9.59 Å². The fourth-order valence-corrected chi connectivity index (χ4v) is 6.39. The van der Waals surface area contributed by atoms with Crippen LogP contribution in [0.3, 0.4) is 0 Å². The van der Waals surface area contributed by atoms with Crippen molar-refractivity contribution in [3.05, 3.63) is 0 Å². The van der Waals surface area contributed by atoms with Crippen LogP contribution in [0.2, 0.25) is 0 Å². The van der Waals surface area contributed by atoms with Crippen LogP contribution in [0.4, 0.5) is 0 Å². The van der Waals surface area contributed by atoms with Crippen LogP contribution in [0.15, 0.2) is 0 Å². The fraction of sp³-hybridized carbons (Fsp3) is 0.714. The number of ether oxygens (including phenoxy) is 1. The molecule has 0 aromatic rings. The number of hydrogen-bond donors (Lipinski definition) is 2. The van der Waals surface area contributed by atoms with Crippen LogP contribution in [0, 0.1) is 0 Å². The molecule has 0 amide bonds. The Morgan fingerprint density at radius 1 is 1.79 bits per heavy atom. The van der Waals surface area contributed by atoms with Gasteiger partial charge in [-0.05, 0) is 0 Å². The van der Waals surface area contributed by atoms with E-state index in [1.54, 1.807) is 0 Å². The Bertz CT molecular complexity index is 232. The van der Waals surface area contributed by atoms with Gasteiger partial charge >= 0.3 is 104 Å². The summed E-state index contributed by atoms with van der Waals surface area (Å²) in [5, 5.41) is 8.35. The maximum absolute atomic E-state index is 11.4. The topological polar surface area (TPSA) is 75.6 Å². The summed E-state index contributed by atoms with van der Waals surface area (Å²) in [6, 6.07) is 0.266. The first-order valence-electron chi connectivity index (χ1n) is 3.85. The number of aliphatic carboxylic acids is 1. The predicted octanol–water partition coefficient (Wildman–Crippen LogP) is -7.32. The SMILES string of the molecule is C[I-]C(C(=O)OCC(=O)O)C1C[I-]N1. The molecule has 1 heterocycles. The van der Waals surface area contributed by atoms with Gasteiger partial charge < -0.3 is 0 Å². The molecule has 0 spiro atoms. The standard InChI is InChI=1S/C7H11I2NO4/c1-8-6(4-2-9-10-4)7(13)14-3-5(11)12/h4,6,10H,2-3H2,1H3,(H,11,12)/q-2. The Hall–Kier alpha value is 0.360. The van der Waals surface area contributed by atoms with Gasteiger partial charge in [-0.3, -0.25) is 0 Å². The number of nitrogens with one attached hydrogen (secondary N) is 1. The molecule has 0 saturated carbocycles. The van der Waals surface area contributed by atoms with Crippen molar-refractivity contribution in [3.63, 3.8) is 0 Å². The van der Waals surface area contributed by atoms with Crippen molar-refractivity contribution in [2.24, 2.45) is 0 Å². The molecule has 0 aromatic heterocycles. The molecular formula is C7H11I2NO4-2. The molecule has 0 radical (unpaired) electrons. The molecule has 1 aliphatic rings. The zero-order chi connectivity index (χ0) is 10.6. The number of esters is 1. The number of hydrogen-bond acceptors (Lipinski definition) is 4. The number of carbonyl (C=O) groups excluding carboxylic acids is 1. The Labute approximate surface area is 103 Å². The van der Waals surface area contributed by atoms with Crippen molar-refractivity contribution < 1.29 is 62.1 Å². The third-order valence-corrected chi connectivity index (χ3v) is 6.96. The van der Waals surface area contributed by atoms with Crippen molar-refractivity contribution in [1.29, 1.82) is 0 Å². The second-order valence-electron chi connectivity index (χ2n) is 2.62. The molecule has 2 N–H and O–H groups in total. The van der Waals surface area contributed by atoms with E-state index in [-0.39, 0.29) is 58.6 Å². The molecule has 2 unspecified atom stereocenters. The Balaban J connectivity index is 2.35. The monoisotopic (exact) mass is 427 g/mol. The number of carboxylic acid groups (broad SMARTS) is 1.